The predicted octanol–water partition coefficient (Wildman–Crippen LogP) is 2.06. The van der Waals surface area contributed by atoms with E-state index >= 15 is 0 Å². The Bertz CT molecular complexity index is 527. The molecule has 0 atom stereocenters. The second kappa shape index (κ2) is 5.97. The summed E-state index contributed by atoms with van der Waals surface area (Å²) in [6.07, 6.45) is 2.82. The van der Waals surface area contributed by atoms with E-state index in [1.54, 1.807) is 11.8 Å². The number of nitrogens with zero attached hydrogens (tertiary/aromatic N) is 3. The van der Waals surface area contributed by atoms with Crippen LogP contribution < -0.4 is 10.5 Å². The Morgan fingerprint density at radius 1 is 1.44 bits per heavy atom. The number of nitrogens with two attached hydrogens (primary N) is 1. The molecule has 0 aliphatic rings. The van der Waals surface area contributed by atoms with Crippen molar-refractivity contribution in [1.82, 2.24) is 15.0 Å². The van der Waals surface area contributed by atoms with Crippen LogP contribution in [0.4, 0.5) is 0 Å². The van der Waals surface area contributed by atoms with Crippen LogP contribution in [0.25, 0.3) is 11.3 Å². The van der Waals surface area contributed by atoms with Gasteiger partial charge >= 0.3 is 0 Å². The van der Waals surface area contributed by atoms with Crippen molar-refractivity contribution in [2.24, 2.45) is 5.73 Å². The lowest BCUT2D eigenvalue weighted by Gasteiger charge is -2.03. The van der Waals surface area contributed by atoms with E-state index in [0.717, 1.165) is 34.4 Å². The van der Waals surface area contributed by atoms with Crippen LogP contribution in [0.15, 0.2) is 28.9 Å². The Kier molecular flexibility index (Phi) is 4.33. The fourth-order valence-corrected chi connectivity index (χ4v) is 2.16. The number of halogens is 1. The van der Waals surface area contributed by atoms with E-state index in [1.165, 1.54) is 0 Å². The molecule has 2 aromatic rings. The lowest BCUT2D eigenvalue weighted by Crippen LogP contribution is -2.06. The summed E-state index contributed by atoms with van der Waals surface area (Å²) >= 11 is 3.46. The lowest BCUT2D eigenvalue weighted by atomic mass is 10.1. The molecule has 0 aliphatic heterocycles. The summed E-state index contributed by atoms with van der Waals surface area (Å²) in [4.78, 5) is 0. The van der Waals surface area contributed by atoms with Gasteiger partial charge in [-0.05, 0) is 47.1 Å². The van der Waals surface area contributed by atoms with Crippen molar-refractivity contribution < 1.29 is 4.74 Å². The van der Waals surface area contributed by atoms with Crippen LogP contribution in [0.2, 0.25) is 0 Å². The minimum Gasteiger partial charge on any atom is -0.496 e. The maximum atomic E-state index is 5.46. The summed E-state index contributed by atoms with van der Waals surface area (Å²) in [5.74, 6) is 0.800. The Labute approximate surface area is 114 Å². The summed E-state index contributed by atoms with van der Waals surface area (Å²) in [6, 6.07) is 5.83. The zero-order valence-electron chi connectivity index (χ0n) is 10.1. The second-order valence-corrected chi connectivity index (χ2v) is 4.71. The molecule has 0 bridgehead atoms. The van der Waals surface area contributed by atoms with Gasteiger partial charge in [-0.1, -0.05) is 5.21 Å². The predicted molar refractivity (Wildman–Crippen MR) is 73.4 cm³/mol. The molecule has 0 unspecified atom stereocenters. The van der Waals surface area contributed by atoms with Gasteiger partial charge in [0.05, 0.1) is 17.8 Å². The standard InChI is InChI=1S/C12H15BrN4O/c1-18-12-4-3-9(7-10(12)13)11-8-17(16-15-11)6-2-5-14/h3-4,7-8H,2,5-6,14H2,1H3. The van der Waals surface area contributed by atoms with Gasteiger partial charge in [0.15, 0.2) is 0 Å². The van der Waals surface area contributed by atoms with Crippen LogP contribution in [-0.2, 0) is 6.54 Å². The van der Waals surface area contributed by atoms with E-state index in [-0.39, 0.29) is 0 Å². The molecule has 1 heterocycles. The molecule has 6 heteroatoms. The number of rotatable bonds is 5. The highest BCUT2D eigenvalue weighted by atomic mass is 79.9. The topological polar surface area (TPSA) is 66.0 Å². The number of hydrogen-bond donors (Lipinski definition) is 1. The normalized spacial score (nSPS) is 10.6. The Balaban J connectivity index is 2.20. The van der Waals surface area contributed by atoms with Crippen LogP contribution in [0, 0.1) is 0 Å². The van der Waals surface area contributed by atoms with E-state index in [2.05, 4.69) is 26.2 Å². The minimum absolute atomic E-state index is 0.656. The highest BCUT2D eigenvalue weighted by molar-refractivity contribution is 9.10. The van der Waals surface area contributed by atoms with Crippen molar-refractivity contribution >= 4 is 15.9 Å². The van der Waals surface area contributed by atoms with Crippen LogP contribution in [-0.4, -0.2) is 28.6 Å². The maximum absolute atomic E-state index is 5.46. The Morgan fingerprint density at radius 2 is 2.28 bits per heavy atom. The summed E-state index contributed by atoms with van der Waals surface area (Å²) in [5.41, 5.74) is 7.31. The second-order valence-electron chi connectivity index (χ2n) is 3.86. The molecular formula is C12H15BrN4O. The van der Waals surface area contributed by atoms with Crippen LogP contribution >= 0.6 is 15.9 Å². The van der Waals surface area contributed by atoms with Gasteiger partial charge < -0.3 is 10.5 Å². The molecule has 0 amide bonds. The molecule has 5 nitrogen and oxygen atoms in total. The molecule has 0 radical (unpaired) electrons. The largest absolute Gasteiger partial charge is 0.496 e. The molecule has 18 heavy (non-hydrogen) atoms. The van der Waals surface area contributed by atoms with Gasteiger partial charge in [-0.15, -0.1) is 5.10 Å². The number of methoxy groups -OCH3 is 1. The molecule has 96 valence electrons. The summed E-state index contributed by atoms with van der Waals surface area (Å²) in [7, 11) is 1.64. The fourth-order valence-electron chi connectivity index (χ4n) is 1.62. The first-order chi connectivity index (χ1) is 8.74. The molecule has 0 fully saturated rings. The first kappa shape index (κ1) is 13.0. The van der Waals surface area contributed by atoms with Gasteiger partial charge in [-0.25, -0.2) is 0 Å². The highest BCUT2D eigenvalue weighted by Crippen LogP contribution is 2.29. The molecule has 0 saturated carbocycles. The van der Waals surface area contributed by atoms with E-state index < -0.39 is 0 Å². The average molecular weight is 311 g/mol. The van der Waals surface area contributed by atoms with Crippen LogP contribution in [0.3, 0.4) is 0 Å². The summed E-state index contributed by atoms with van der Waals surface area (Å²) in [6.45, 7) is 1.45. The minimum atomic E-state index is 0.656. The van der Waals surface area contributed by atoms with Crippen molar-refractivity contribution in [2.45, 2.75) is 13.0 Å². The van der Waals surface area contributed by atoms with E-state index in [1.807, 2.05) is 24.4 Å². The zero-order valence-corrected chi connectivity index (χ0v) is 11.7. The lowest BCUT2D eigenvalue weighted by molar-refractivity contribution is 0.412. The van der Waals surface area contributed by atoms with Crippen molar-refractivity contribution in [3.8, 4) is 17.0 Å². The quantitative estimate of drug-likeness (QED) is 0.918. The van der Waals surface area contributed by atoms with E-state index in [9.17, 15) is 0 Å². The zero-order chi connectivity index (χ0) is 13.0. The molecule has 2 rings (SSSR count). The smallest absolute Gasteiger partial charge is 0.133 e. The number of benzene rings is 1. The van der Waals surface area contributed by atoms with Crippen molar-refractivity contribution in [1.29, 1.82) is 0 Å². The SMILES string of the molecule is COc1ccc(-c2cn(CCCN)nn2)cc1Br. The van der Waals surface area contributed by atoms with Crippen LogP contribution in [0.5, 0.6) is 5.75 Å². The van der Waals surface area contributed by atoms with E-state index in [0.29, 0.717) is 6.54 Å². The number of hydrogen-bond acceptors (Lipinski definition) is 4. The van der Waals surface area contributed by atoms with Crippen molar-refractivity contribution in [3.63, 3.8) is 0 Å². The molecule has 0 aliphatic carbocycles. The molecule has 0 spiro atoms. The summed E-state index contributed by atoms with van der Waals surface area (Å²) in [5, 5.41) is 8.21. The third-order valence-electron chi connectivity index (χ3n) is 2.58. The van der Waals surface area contributed by atoms with Crippen molar-refractivity contribution in [3.05, 3.63) is 28.9 Å². The molecule has 1 aromatic heterocycles. The van der Waals surface area contributed by atoms with Gasteiger partial charge in [0, 0.05) is 12.1 Å². The van der Waals surface area contributed by atoms with Gasteiger partial charge in [-0.2, -0.15) is 0 Å². The molecule has 2 N–H and O–H groups in total. The average Bonchev–Trinajstić information content (AvgIpc) is 2.85. The first-order valence-electron chi connectivity index (χ1n) is 5.68. The molecular weight excluding hydrogens is 296 g/mol. The van der Waals surface area contributed by atoms with Gasteiger partial charge in [-0.3, -0.25) is 4.68 Å². The highest BCUT2D eigenvalue weighted by Gasteiger charge is 2.07. The number of aromatic nitrogens is 3. The maximum Gasteiger partial charge on any atom is 0.133 e. The van der Waals surface area contributed by atoms with Crippen LogP contribution in [0.1, 0.15) is 6.42 Å². The molecule has 1 aromatic carbocycles. The Hall–Kier alpha value is -1.40. The third-order valence-corrected chi connectivity index (χ3v) is 3.20. The summed E-state index contributed by atoms with van der Waals surface area (Å²) < 4.78 is 7.90. The number of ether oxygens (including phenoxy) is 1. The van der Waals surface area contributed by atoms with Gasteiger partial charge in [0.1, 0.15) is 11.4 Å². The number of aryl methyl sites for hydroxylation is 1. The van der Waals surface area contributed by atoms with Gasteiger partial charge in [0.25, 0.3) is 0 Å². The molecule has 0 saturated heterocycles. The van der Waals surface area contributed by atoms with Gasteiger partial charge in [0.2, 0.25) is 0 Å². The van der Waals surface area contributed by atoms with Crippen molar-refractivity contribution in [2.75, 3.05) is 13.7 Å². The third kappa shape index (κ3) is 2.88. The monoisotopic (exact) mass is 310 g/mol. The first-order valence-corrected chi connectivity index (χ1v) is 6.48. The Morgan fingerprint density at radius 3 is 2.94 bits per heavy atom. The fraction of sp³-hybridized carbons (Fsp3) is 0.333. The van der Waals surface area contributed by atoms with E-state index in [4.69, 9.17) is 10.5 Å².